The molecule has 16 heavy (non-hydrogen) atoms. The van der Waals surface area contributed by atoms with E-state index in [1.807, 2.05) is 0 Å². The number of nitrogens with two attached hydrogens (primary N) is 1. The quantitative estimate of drug-likeness (QED) is 0.880. The second kappa shape index (κ2) is 4.46. The monoisotopic (exact) mass is 240 g/mol. The molecule has 1 rings (SSSR count). The molecule has 0 aliphatic heterocycles. The average molecular weight is 240 g/mol. The molecular weight excluding hydrogens is 216 g/mol. The molecule has 92 valence electrons. The Kier molecular flexibility index (Phi) is 3.80. The van der Waals surface area contributed by atoms with E-state index in [1.165, 1.54) is 5.69 Å². The number of hydrogen-bond donors (Lipinski definition) is 1. The van der Waals surface area contributed by atoms with Crippen LogP contribution in [0.15, 0.2) is 5.38 Å². The van der Waals surface area contributed by atoms with Crippen LogP contribution in [-0.4, -0.2) is 10.5 Å². The third-order valence-corrected chi connectivity index (χ3v) is 4.02. The van der Waals surface area contributed by atoms with E-state index in [1.54, 1.807) is 11.3 Å². The van der Waals surface area contributed by atoms with Gasteiger partial charge in [0.2, 0.25) is 0 Å². The van der Waals surface area contributed by atoms with Gasteiger partial charge in [0.15, 0.2) is 0 Å². The van der Waals surface area contributed by atoms with E-state index in [0.29, 0.717) is 5.92 Å². The minimum atomic E-state index is -0.160. The summed E-state index contributed by atoms with van der Waals surface area (Å²) >= 11 is 1.73. The molecule has 0 saturated heterocycles. The third-order valence-electron chi connectivity index (χ3n) is 3.17. The molecule has 0 radical (unpaired) electrons. The molecule has 1 atom stereocenters. The number of aromatic nitrogens is 1. The zero-order valence-corrected chi connectivity index (χ0v) is 12.1. The highest BCUT2D eigenvalue weighted by Gasteiger charge is 2.26. The molecule has 0 saturated carbocycles. The van der Waals surface area contributed by atoms with Crippen LogP contribution in [0, 0.1) is 5.92 Å². The minimum absolute atomic E-state index is 0.136. The van der Waals surface area contributed by atoms with Gasteiger partial charge in [0, 0.05) is 22.8 Å². The van der Waals surface area contributed by atoms with Crippen LogP contribution < -0.4 is 5.73 Å². The molecule has 0 aromatic carbocycles. The van der Waals surface area contributed by atoms with Crippen molar-refractivity contribution in [1.82, 2.24) is 4.98 Å². The van der Waals surface area contributed by atoms with Crippen molar-refractivity contribution in [3.05, 3.63) is 16.1 Å². The second-order valence-electron chi connectivity index (χ2n) is 6.21. The number of thiazole rings is 1. The zero-order valence-electron chi connectivity index (χ0n) is 11.3. The lowest BCUT2D eigenvalue weighted by Crippen LogP contribution is -2.43. The molecule has 0 spiro atoms. The summed E-state index contributed by atoms with van der Waals surface area (Å²) in [4.78, 5) is 4.69. The van der Waals surface area contributed by atoms with Crippen LogP contribution in [0.1, 0.15) is 52.2 Å². The van der Waals surface area contributed by atoms with Gasteiger partial charge >= 0.3 is 0 Å². The molecule has 1 aromatic heterocycles. The fourth-order valence-electron chi connectivity index (χ4n) is 1.27. The topological polar surface area (TPSA) is 38.9 Å². The van der Waals surface area contributed by atoms with E-state index < -0.39 is 0 Å². The predicted octanol–water partition coefficient (Wildman–Crippen LogP) is 3.36. The van der Waals surface area contributed by atoms with Crippen LogP contribution in [0.3, 0.4) is 0 Å². The Bertz CT molecular complexity index is 345. The first-order chi connectivity index (χ1) is 7.13. The first-order valence-electron chi connectivity index (χ1n) is 5.86. The number of nitrogens with zero attached hydrogens (tertiary/aromatic N) is 1. The summed E-state index contributed by atoms with van der Waals surface area (Å²) in [7, 11) is 0. The Morgan fingerprint density at radius 3 is 2.25 bits per heavy atom. The molecule has 0 aliphatic carbocycles. The fraction of sp³-hybridized carbons (Fsp3) is 0.769. The molecule has 1 unspecified atom stereocenters. The summed E-state index contributed by atoms with van der Waals surface area (Å²) in [6.45, 7) is 13.0. The highest BCUT2D eigenvalue weighted by atomic mass is 32.1. The van der Waals surface area contributed by atoms with Crippen molar-refractivity contribution in [1.29, 1.82) is 0 Å². The van der Waals surface area contributed by atoms with Gasteiger partial charge in [-0.3, -0.25) is 0 Å². The molecular formula is C13H24N2S. The molecule has 1 aromatic rings. The lowest BCUT2D eigenvalue weighted by molar-refractivity contribution is 0.337. The van der Waals surface area contributed by atoms with Gasteiger partial charge in [-0.25, -0.2) is 4.98 Å². The van der Waals surface area contributed by atoms with Crippen molar-refractivity contribution in [3.63, 3.8) is 0 Å². The highest BCUT2D eigenvalue weighted by Crippen LogP contribution is 2.27. The summed E-state index contributed by atoms with van der Waals surface area (Å²) < 4.78 is 0. The molecule has 0 fully saturated rings. The summed E-state index contributed by atoms with van der Waals surface area (Å²) in [6, 6.07) is 0. The molecule has 2 nitrogen and oxygen atoms in total. The largest absolute Gasteiger partial charge is 0.325 e. The van der Waals surface area contributed by atoms with Crippen LogP contribution >= 0.6 is 11.3 Å². The molecule has 3 heteroatoms. The van der Waals surface area contributed by atoms with Crippen molar-refractivity contribution in [2.45, 2.75) is 58.9 Å². The fourth-order valence-corrected chi connectivity index (χ4v) is 2.47. The molecule has 1 heterocycles. The van der Waals surface area contributed by atoms with Crippen molar-refractivity contribution in [2.24, 2.45) is 11.7 Å². The number of hydrogen-bond acceptors (Lipinski definition) is 3. The summed E-state index contributed by atoms with van der Waals surface area (Å²) in [5, 5.41) is 3.31. The van der Waals surface area contributed by atoms with Gasteiger partial charge < -0.3 is 5.73 Å². The molecule has 0 aliphatic rings. The van der Waals surface area contributed by atoms with Crippen molar-refractivity contribution < 1.29 is 0 Å². The Morgan fingerprint density at radius 1 is 1.31 bits per heavy atom. The Morgan fingerprint density at radius 2 is 1.88 bits per heavy atom. The smallest absolute Gasteiger partial charge is 0.0946 e. The molecule has 2 N–H and O–H groups in total. The first-order valence-corrected chi connectivity index (χ1v) is 6.74. The standard InChI is InChI=1S/C13H24N2S/c1-9(2)13(6,14)7-11-15-10(8-16-11)12(3,4)5/h8-9H,7,14H2,1-6H3. The van der Waals surface area contributed by atoms with Crippen LogP contribution in [0.5, 0.6) is 0 Å². The Hall–Kier alpha value is -0.410. The van der Waals surface area contributed by atoms with Gasteiger partial charge in [0.05, 0.1) is 10.7 Å². The van der Waals surface area contributed by atoms with E-state index in [4.69, 9.17) is 5.73 Å². The van der Waals surface area contributed by atoms with Gasteiger partial charge in [-0.2, -0.15) is 0 Å². The average Bonchev–Trinajstić information content (AvgIpc) is 2.50. The zero-order chi connectivity index (χ0) is 12.6. The highest BCUT2D eigenvalue weighted by molar-refractivity contribution is 7.09. The van der Waals surface area contributed by atoms with Crippen molar-refractivity contribution in [3.8, 4) is 0 Å². The van der Waals surface area contributed by atoms with Crippen molar-refractivity contribution in [2.75, 3.05) is 0 Å². The van der Waals surface area contributed by atoms with E-state index in [-0.39, 0.29) is 11.0 Å². The van der Waals surface area contributed by atoms with Gasteiger partial charge in [-0.1, -0.05) is 34.6 Å². The summed E-state index contributed by atoms with van der Waals surface area (Å²) in [6.07, 6.45) is 0.866. The van der Waals surface area contributed by atoms with E-state index in [9.17, 15) is 0 Å². The lowest BCUT2D eigenvalue weighted by Gasteiger charge is -2.28. The van der Waals surface area contributed by atoms with Crippen molar-refractivity contribution >= 4 is 11.3 Å². The van der Waals surface area contributed by atoms with Gasteiger partial charge in [0.1, 0.15) is 0 Å². The Labute approximate surface area is 103 Å². The van der Waals surface area contributed by atoms with E-state index >= 15 is 0 Å². The third kappa shape index (κ3) is 3.29. The Balaban J connectivity index is 2.81. The summed E-state index contributed by atoms with van der Waals surface area (Å²) in [5.74, 6) is 0.467. The first kappa shape index (κ1) is 13.7. The normalized spacial score (nSPS) is 16.5. The second-order valence-corrected chi connectivity index (χ2v) is 7.16. The minimum Gasteiger partial charge on any atom is -0.325 e. The maximum absolute atomic E-state index is 6.28. The SMILES string of the molecule is CC(C)C(C)(N)Cc1nc(C(C)(C)C)cs1. The van der Waals surface area contributed by atoms with Gasteiger partial charge in [-0.05, 0) is 12.8 Å². The maximum atomic E-state index is 6.28. The molecule has 0 bridgehead atoms. The predicted molar refractivity (Wildman–Crippen MR) is 71.9 cm³/mol. The van der Waals surface area contributed by atoms with Crippen LogP contribution in [0.2, 0.25) is 0 Å². The van der Waals surface area contributed by atoms with E-state index in [2.05, 4.69) is 51.9 Å². The maximum Gasteiger partial charge on any atom is 0.0946 e. The number of rotatable bonds is 3. The van der Waals surface area contributed by atoms with Gasteiger partial charge in [-0.15, -0.1) is 11.3 Å². The summed E-state index contributed by atoms with van der Waals surface area (Å²) in [5.41, 5.74) is 7.43. The van der Waals surface area contributed by atoms with Crippen LogP contribution in [0.4, 0.5) is 0 Å². The lowest BCUT2D eigenvalue weighted by atomic mass is 9.86. The van der Waals surface area contributed by atoms with Crippen LogP contribution in [0.25, 0.3) is 0 Å². The molecule has 0 amide bonds. The van der Waals surface area contributed by atoms with Crippen LogP contribution in [-0.2, 0) is 11.8 Å². The van der Waals surface area contributed by atoms with E-state index in [0.717, 1.165) is 11.4 Å². The van der Waals surface area contributed by atoms with Gasteiger partial charge in [0.25, 0.3) is 0 Å².